The molecule has 0 saturated carbocycles. The van der Waals surface area contributed by atoms with E-state index in [0.29, 0.717) is 13.0 Å². The highest BCUT2D eigenvalue weighted by Gasteiger charge is 2.30. The maximum atomic E-state index is 13.3. The number of rotatable bonds is 11. The highest BCUT2D eigenvalue weighted by Crippen LogP contribution is 2.31. The van der Waals surface area contributed by atoms with Crippen molar-refractivity contribution in [2.75, 3.05) is 26.2 Å². The van der Waals surface area contributed by atoms with Gasteiger partial charge in [-0.05, 0) is 93.8 Å². The summed E-state index contributed by atoms with van der Waals surface area (Å²) in [7, 11) is -0.200. The largest absolute Gasteiger partial charge is 0.466 e. The van der Waals surface area contributed by atoms with Crippen LogP contribution in [0.5, 0.6) is 0 Å². The van der Waals surface area contributed by atoms with E-state index < -0.39 is 0 Å². The highest BCUT2D eigenvalue weighted by atomic mass is 32.2. The first-order valence-electron chi connectivity index (χ1n) is 13.0. The molecule has 4 nitrogen and oxygen atoms in total. The minimum Gasteiger partial charge on any atom is -0.466 e. The standard InChI is InChI=1S/C31H36NO3S/c1-2-30(33)35-24-10-9-21-32-22-19-26(20-23-32)31(34)25-15-17-29(18-16-25)36(27-11-5-3-6-12-27)28-13-7-4-8-14-28/h3-8,11-18,26H,2,9-10,19-24H2,1H3/q+1. The maximum Gasteiger partial charge on any atom is 0.305 e. The molecule has 3 aromatic carbocycles. The quantitative estimate of drug-likeness (QED) is 0.132. The second kappa shape index (κ2) is 13.4. The zero-order valence-corrected chi connectivity index (χ0v) is 21.9. The molecular weight excluding hydrogens is 466 g/mol. The lowest BCUT2D eigenvalue weighted by Crippen LogP contribution is -2.37. The molecule has 1 heterocycles. The van der Waals surface area contributed by atoms with Crippen LogP contribution >= 0.6 is 0 Å². The average molecular weight is 503 g/mol. The smallest absolute Gasteiger partial charge is 0.305 e. The van der Waals surface area contributed by atoms with Crippen molar-refractivity contribution >= 4 is 22.6 Å². The fourth-order valence-electron chi connectivity index (χ4n) is 4.66. The molecule has 0 spiro atoms. The Hall–Kier alpha value is -2.89. The minimum atomic E-state index is -0.200. The van der Waals surface area contributed by atoms with Crippen LogP contribution < -0.4 is 0 Å². The van der Waals surface area contributed by atoms with Crippen LogP contribution in [0.2, 0.25) is 0 Å². The van der Waals surface area contributed by atoms with Crippen molar-refractivity contribution in [2.24, 2.45) is 5.92 Å². The predicted molar refractivity (Wildman–Crippen MR) is 145 cm³/mol. The SMILES string of the molecule is CCC(=O)OCCCCN1CCC(C(=O)c2ccc([S+](c3ccccc3)c3ccccc3)cc2)CC1. The number of likely N-dealkylation sites (tertiary alicyclic amines) is 1. The van der Waals surface area contributed by atoms with E-state index in [2.05, 4.69) is 65.6 Å². The highest BCUT2D eigenvalue weighted by molar-refractivity contribution is 7.97. The second-order valence-electron chi connectivity index (χ2n) is 9.22. The Bertz CT molecular complexity index is 1050. The van der Waals surface area contributed by atoms with Gasteiger partial charge in [0.2, 0.25) is 0 Å². The molecule has 1 aliphatic heterocycles. The third-order valence-corrected chi connectivity index (χ3v) is 8.94. The van der Waals surface area contributed by atoms with Crippen LogP contribution in [0.4, 0.5) is 0 Å². The topological polar surface area (TPSA) is 46.6 Å². The Labute approximate surface area is 218 Å². The molecule has 1 fully saturated rings. The fourth-order valence-corrected chi connectivity index (χ4v) is 6.74. The Morgan fingerprint density at radius 3 is 1.92 bits per heavy atom. The second-order valence-corrected chi connectivity index (χ2v) is 11.2. The Kier molecular flexibility index (Phi) is 9.76. The van der Waals surface area contributed by atoms with Crippen molar-refractivity contribution < 1.29 is 14.3 Å². The first kappa shape index (κ1) is 26.2. The summed E-state index contributed by atoms with van der Waals surface area (Å²) in [6.07, 6.45) is 4.16. The molecule has 0 N–H and O–H groups in total. The first-order valence-corrected chi connectivity index (χ1v) is 14.2. The number of ether oxygens (including phenoxy) is 1. The summed E-state index contributed by atoms with van der Waals surface area (Å²) in [6.45, 7) is 5.23. The molecule has 188 valence electrons. The van der Waals surface area contributed by atoms with E-state index in [4.69, 9.17) is 4.74 Å². The van der Waals surface area contributed by atoms with Gasteiger partial charge in [0.1, 0.15) is 0 Å². The molecule has 0 unspecified atom stereocenters. The Morgan fingerprint density at radius 1 is 0.806 bits per heavy atom. The van der Waals surface area contributed by atoms with Crippen molar-refractivity contribution in [3.05, 3.63) is 90.5 Å². The number of hydrogen-bond acceptors (Lipinski definition) is 4. The van der Waals surface area contributed by atoms with Crippen molar-refractivity contribution in [2.45, 2.75) is 53.7 Å². The zero-order chi connectivity index (χ0) is 25.2. The van der Waals surface area contributed by atoms with Crippen LogP contribution in [0.3, 0.4) is 0 Å². The van der Waals surface area contributed by atoms with E-state index in [1.165, 1.54) is 14.7 Å². The number of ketones is 1. The molecule has 36 heavy (non-hydrogen) atoms. The number of carbonyl (C=O) groups excluding carboxylic acids is 2. The average Bonchev–Trinajstić information content (AvgIpc) is 2.94. The Balaban J connectivity index is 1.32. The van der Waals surface area contributed by atoms with E-state index in [0.717, 1.165) is 50.9 Å². The van der Waals surface area contributed by atoms with Crippen LogP contribution in [0, 0.1) is 5.92 Å². The summed E-state index contributed by atoms with van der Waals surface area (Å²) in [5.74, 6) is 0.240. The number of Topliss-reactive ketones (excluding diaryl/α,β-unsaturated/α-hetero) is 1. The summed E-state index contributed by atoms with van der Waals surface area (Å²) >= 11 is 0. The maximum absolute atomic E-state index is 13.3. The third kappa shape index (κ3) is 7.08. The molecule has 0 atom stereocenters. The predicted octanol–water partition coefficient (Wildman–Crippen LogP) is 6.41. The van der Waals surface area contributed by atoms with Gasteiger partial charge in [0, 0.05) is 17.9 Å². The number of unbranched alkanes of at least 4 members (excludes halogenated alkanes) is 1. The third-order valence-electron chi connectivity index (χ3n) is 6.71. The number of nitrogens with zero attached hydrogens (tertiary/aromatic N) is 1. The summed E-state index contributed by atoms with van der Waals surface area (Å²) in [5.41, 5.74) is 0.819. The summed E-state index contributed by atoms with van der Waals surface area (Å²) < 4.78 is 5.15. The lowest BCUT2D eigenvalue weighted by Gasteiger charge is -2.31. The molecule has 5 heteroatoms. The van der Waals surface area contributed by atoms with Gasteiger partial charge in [-0.25, -0.2) is 0 Å². The van der Waals surface area contributed by atoms with Gasteiger partial charge in [-0.15, -0.1) is 0 Å². The van der Waals surface area contributed by atoms with Gasteiger partial charge < -0.3 is 9.64 Å². The monoisotopic (exact) mass is 502 g/mol. The molecule has 0 amide bonds. The molecule has 0 aliphatic carbocycles. The normalized spacial score (nSPS) is 14.6. The number of piperidine rings is 1. The molecule has 4 rings (SSSR count). The minimum absolute atomic E-state index is 0.0964. The van der Waals surface area contributed by atoms with Crippen LogP contribution in [-0.2, 0) is 20.4 Å². The van der Waals surface area contributed by atoms with E-state index in [1.54, 1.807) is 0 Å². The van der Waals surface area contributed by atoms with Crippen LogP contribution in [0.1, 0.15) is 49.4 Å². The summed E-state index contributed by atoms with van der Waals surface area (Å²) in [4.78, 5) is 30.7. The van der Waals surface area contributed by atoms with Crippen LogP contribution in [0.25, 0.3) is 0 Å². The molecule has 0 radical (unpaired) electrons. The molecular formula is C31H36NO3S+. The van der Waals surface area contributed by atoms with E-state index in [1.807, 2.05) is 31.2 Å². The van der Waals surface area contributed by atoms with Gasteiger partial charge in [0.15, 0.2) is 20.5 Å². The van der Waals surface area contributed by atoms with Crippen molar-refractivity contribution in [1.82, 2.24) is 4.90 Å². The van der Waals surface area contributed by atoms with Crippen LogP contribution in [0.15, 0.2) is 99.6 Å². The van der Waals surface area contributed by atoms with Crippen molar-refractivity contribution in [3.63, 3.8) is 0 Å². The number of benzene rings is 3. The lowest BCUT2D eigenvalue weighted by molar-refractivity contribution is -0.143. The van der Waals surface area contributed by atoms with Crippen molar-refractivity contribution in [3.8, 4) is 0 Å². The molecule has 3 aromatic rings. The van der Waals surface area contributed by atoms with E-state index in [-0.39, 0.29) is 28.6 Å². The number of carbonyl (C=O) groups is 2. The number of hydrogen-bond donors (Lipinski definition) is 0. The van der Waals surface area contributed by atoms with Gasteiger partial charge in [0.05, 0.1) is 17.5 Å². The van der Waals surface area contributed by atoms with Crippen LogP contribution in [-0.4, -0.2) is 42.9 Å². The van der Waals surface area contributed by atoms with Gasteiger partial charge in [-0.1, -0.05) is 43.3 Å². The zero-order valence-electron chi connectivity index (χ0n) is 21.1. The lowest BCUT2D eigenvalue weighted by atomic mass is 9.89. The fraction of sp³-hybridized carbons (Fsp3) is 0.355. The van der Waals surface area contributed by atoms with E-state index in [9.17, 15) is 9.59 Å². The molecule has 0 aromatic heterocycles. The van der Waals surface area contributed by atoms with E-state index >= 15 is 0 Å². The van der Waals surface area contributed by atoms with Gasteiger partial charge in [0.25, 0.3) is 0 Å². The van der Waals surface area contributed by atoms with Gasteiger partial charge in [-0.2, -0.15) is 0 Å². The van der Waals surface area contributed by atoms with Gasteiger partial charge >= 0.3 is 5.97 Å². The number of esters is 1. The van der Waals surface area contributed by atoms with Gasteiger partial charge in [-0.3, -0.25) is 9.59 Å². The van der Waals surface area contributed by atoms with Crippen molar-refractivity contribution in [1.29, 1.82) is 0 Å². The molecule has 1 saturated heterocycles. The molecule has 1 aliphatic rings. The summed E-state index contributed by atoms with van der Waals surface area (Å²) in [5, 5.41) is 0. The molecule has 0 bridgehead atoms. The first-order chi connectivity index (χ1) is 17.7. The Morgan fingerprint density at radius 2 is 1.36 bits per heavy atom. The summed E-state index contributed by atoms with van der Waals surface area (Å²) in [6, 6.07) is 29.5.